The van der Waals surface area contributed by atoms with Gasteiger partial charge in [-0.3, -0.25) is 0 Å². The van der Waals surface area contributed by atoms with Gasteiger partial charge in [-0.25, -0.2) is 0 Å². The number of diazo groups is 1. The highest BCUT2D eigenvalue weighted by Crippen LogP contribution is 2.29. The SMILES string of the molecule is CCOc1ccc(OCC)c(NCc2ccccc2)c1.N#[NH+].[Cl-]. The Morgan fingerprint density at radius 2 is 1.61 bits per heavy atom. The maximum absolute atomic E-state index is 6.25. The molecule has 0 bridgehead atoms. The fourth-order valence-electron chi connectivity index (χ4n) is 1.98. The van der Waals surface area contributed by atoms with Crippen LogP contribution in [-0.2, 0) is 6.54 Å². The van der Waals surface area contributed by atoms with Gasteiger partial charge >= 0.3 is 0 Å². The Hall–Kier alpha value is -2.45. The van der Waals surface area contributed by atoms with Crippen molar-refractivity contribution < 1.29 is 27.3 Å². The van der Waals surface area contributed by atoms with Crippen LogP contribution in [0.2, 0.25) is 0 Å². The first-order valence-electron chi connectivity index (χ1n) is 7.23. The van der Waals surface area contributed by atoms with Crippen molar-refractivity contribution in [2.45, 2.75) is 20.4 Å². The zero-order chi connectivity index (χ0) is 16.2. The third-order valence-corrected chi connectivity index (χ3v) is 2.89. The Balaban J connectivity index is 0.00000155. The van der Waals surface area contributed by atoms with Gasteiger partial charge in [-0.15, -0.1) is 0 Å². The molecule has 6 heteroatoms. The third kappa shape index (κ3) is 6.90. The Morgan fingerprint density at radius 1 is 0.957 bits per heavy atom. The number of rotatable bonds is 7. The molecule has 2 N–H and O–H groups in total. The fourth-order valence-corrected chi connectivity index (χ4v) is 1.98. The highest BCUT2D eigenvalue weighted by molar-refractivity contribution is 5.60. The van der Waals surface area contributed by atoms with E-state index in [0.29, 0.717) is 13.2 Å². The van der Waals surface area contributed by atoms with Gasteiger partial charge in [0.25, 0.3) is 0 Å². The quantitative estimate of drug-likeness (QED) is 0.661. The summed E-state index contributed by atoms with van der Waals surface area (Å²) in [5, 5.41) is 14.4. The summed E-state index contributed by atoms with van der Waals surface area (Å²) in [5.41, 5.74) is 2.19. The lowest BCUT2D eigenvalue weighted by Crippen LogP contribution is -3.00. The third-order valence-electron chi connectivity index (χ3n) is 2.89. The average molecular weight is 336 g/mol. The van der Waals surface area contributed by atoms with Gasteiger partial charge in [0.05, 0.1) is 24.3 Å². The maximum atomic E-state index is 6.25. The smallest absolute Gasteiger partial charge is 0.212 e. The lowest BCUT2D eigenvalue weighted by Gasteiger charge is -2.14. The molecule has 0 saturated heterocycles. The van der Waals surface area contributed by atoms with Crippen LogP contribution in [-0.4, -0.2) is 13.2 Å². The van der Waals surface area contributed by atoms with Crippen molar-refractivity contribution in [3.05, 3.63) is 54.1 Å². The van der Waals surface area contributed by atoms with E-state index in [1.807, 2.05) is 50.2 Å². The summed E-state index contributed by atoms with van der Waals surface area (Å²) in [7, 11) is 0. The largest absolute Gasteiger partial charge is 1.00 e. The van der Waals surface area contributed by atoms with Crippen LogP contribution in [0.3, 0.4) is 0 Å². The molecule has 0 aliphatic carbocycles. The summed E-state index contributed by atoms with van der Waals surface area (Å²) < 4.78 is 11.2. The van der Waals surface area contributed by atoms with E-state index in [1.165, 1.54) is 5.56 Å². The molecule has 0 amide bonds. The van der Waals surface area contributed by atoms with Crippen molar-refractivity contribution in [2.24, 2.45) is 0 Å². The number of halogens is 1. The normalized spacial score (nSPS) is 8.87. The summed E-state index contributed by atoms with van der Waals surface area (Å²) >= 11 is 0. The van der Waals surface area contributed by atoms with E-state index in [4.69, 9.17) is 20.3 Å². The number of nitrogens with zero attached hydrogens (tertiary/aromatic N) is 1. The molecule has 0 fully saturated rings. The summed E-state index contributed by atoms with van der Waals surface area (Å²) in [6.07, 6.45) is 0. The molecule has 0 heterocycles. The Morgan fingerprint density at radius 3 is 2.22 bits per heavy atom. The number of hydrogen-bond acceptors (Lipinski definition) is 4. The van der Waals surface area contributed by atoms with E-state index >= 15 is 0 Å². The van der Waals surface area contributed by atoms with Crippen LogP contribution in [0.1, 0.15) is 19.4 Å². The first-order valence-corrected chi connectivity index (χ1v) is 7.23. The lowest BCUT2D eigenvalue weighted by molar-refractivity contribution is -0.175. The van der Waals surface area contributed by atoms with Crippen molar-refractivity contribution in [2.75, 3.05) is 18.5 Å². The standard InChI is InChI=1S/C17H21NO2.ClH.N2/c1-3-19-15-10-11-17(20-4-2)16(12-15)18-13-14-8-6-5-7-9-14;;1-2/h5-12,18H,3-4,13H2,1-2H3;1H;. The first-order chi connectivity index (χ1) is 10.8. The molecular formula is C17H22ClN3O2. The van der Waals surface area contributed by atoms with Gasteiger partial charge in [0.2, 0.25) is 5.39 Å². The fraction of sp³-hybridized carbons (Fsp3) is 0.294. The van der Waals surface area contributed by atoms with Crippen LogP contribution in [0.4, 0.5) is 5.69 Å². The monoisotopic (exact) mass is 335 g/mol. The van der Waals surface area contributed by atoms with E-state index < -0.39 is 0 Å². The Kier molecular flexibility index (Phi) is 10.8. The summed E-state index contributed by atoms with van der Waals surface area (Å²) in [6.45, 7) is 6.03. The predicted molar refractivity (Wildman–Crippen MR) is 85.2 cm³/mol. The van der Waals surface area contributed by atoms with Gasteiger partial charge < -0.3 is 27.2 Å². The average Bonchev–Trinajstić information content (AvgIpc) is 2.58. The minimum atomic E-state index is 0. The summed E-state index contributed by atoms with van der Waals surface area (Å²) in [4.78, 5) is 0. The molecule has 0 aliphatic heterocycles. The van der Waals surface area contributed by atoms with Gasteiger partial charge in [-0.2, -0.15) is 0 Å². The van der Waals surface area contributed by atoms with Crippen LogP contribution in [0.15, 0.2) is 48.5 Å². The number of benzene rings is 2. The predicted octanol–water partition coefficient (Wildman–Crippen LogP) is -0.621. The second kappa shape index (κ2) is 12.1. The number of ether oxygens (including phenoxy) is 2. The maximum Gasteiger partial charge on any atom is 0.212 e. The van der Waals surface area contributed by atoms with Gasteiger partial charge in [-0.05, 0) is 31.5 Å². The van der Waals surface area contributed by atoms with Gasteiger partial charge in [0, 0.05) is 12.6 Å². The molecule has 0 radical (unpaired) electrons. The number of hydrogen-bond donors (Lipinski definition) is 2. The first kappa shape index (κ1) is 20.6. The summed E-state index contributed by atoms with van der Waals surface area (Å²) in [6, 6.07) is 16.2. The van der Waals surface area contributed by atoms with E-state index in [0.717, 1.165) is 23.7 Å². The van der Waals surface area contributed by atoms with E-state index in [1.54, 1.807) is 0 Å². The van der Waals surface area contributed by atoms with E-state index in [2.05, 4.69) is 17.4 Å². The van der Waals surface area contributed by atoms with Gasteiger partial charge in [0.15, 0.2) is 0 Å². The zero-order valence-electron chi connectivity index (χ0n) is 13.4. The Bertz CT molecular complexity index is 577. The molecule has 0 aliphatic rings. The molecule has 2 rings (SSSR count). The molecule has 5 nitrogen and oxygen atoms in total. The van der Waals surface area contributed by atoms with E-state index in [-0.39, 0.29) is 12.4 Å². The molecule has 124 valence electrons. The number of nitrogens with one attached hydrogen (secondary N) is 2. The van der Waals surface area contributed by atoms with Crippen LogP contribution in [0, 0.1) is 5.39 Å². The molecule has 2 aromatic rings. The van der Waals surface area contributed by atoms with Crippen LogP contribution in [0.25, 0.3) is 0 Å². The molecule has 0 saturated carbocycles. The van der Waals surface area contributed by atoms with Gasteiger partial charge in [0.1, 0.15) is 11.5 Å². The molecule has 0 aromatic heterocycles. The molecule has 0 unspecified atom stereocenters. The van der Waals surface area contributed by atoms with Crippen molar-refractivity contribution in [3.63, 3.8) is 0 Å². The molecule has 0 spiro atoms. The van der Waals surface area contributed by atoms with Crippen LogP contribution in [0.5, 0.6) is 11.5 Å². The lowest BCUT2D eigenvalue weighted by atomic mass is 10.2. The zero-order valence-corrected chi connectivity index (χ0v) is 14.1. The van der Waals surface area contributed by atoms with Crippen LogP contribution >= 0.6 is 0 Å². The second-order valence-corrected chi connectivity index (χ2v) is 4.36. The highest BCUT2D eigenvalue weighted by atomic mass is 35.5. The van der Waals surface area contributed by atoms with Crippen molar-refractivity contribution in [1.82, 2.24) is 0 Å². The molecule has 2 aromatic carbocycles. The highest BCUT2D eigenvalue weighted by Gasteiger charge is 2.05. The van der Waals surface area contributed by atoms with Crippen molar-refractivity contribution in [1.29, 1.82) is 5.39 Å². The minimum Gasteiger partial charge on any atom is -1.00 e. The second-order valence-electron chi connectivity index (χ2n) is 4.36. The summed E-state index contributed by atoms with van der Waals surface area (Å²) in [5.74, 6) is 1.71. The van der Waals surface area contributed by atoms with E-state index in [9.17, 15) is 0 Å². The van der Waals surface area contributed by atoms with Gasteiger partial charge in [-0.1, -0.05) is 30.3 Å². The molecule has 0 atom stereocenters. The van der Waals surface area contributed by atoms with Crippen molar-refractivity contribution >= 4 is 5.69 Å². The number of anilines is 1. The minimum absolute atomic E-state index is 0. The molecular weight excluding hydrogens is 314 g/mol. The Labute approximate surface area is 143 Å². The topological polar surface area (TPSA) is 78.1 Å². The molecule has 23 heavy (non-hydrogen) atoms. The van der Waals surface area contributed by atoms with Crippen molar-refractivity contribution in [3.8, 4) is 11.5 Å². The van der Waals surface area contributed by atoms with Crippen LogP contribution < -0.4 is 32.6 Å².